The van der Waals surface area contributed by atoms with E-state index in [1.807, 2.05) is 37.3 Å². The van der Waals surface area contributed by atoms with Gasteiger partial charge in [0, 0.05) is 14.2 Å². The van der Waals surface area contributed by atoms with Crippen LogP contribution in [0.25, 0.3) is 0 Å². The lowest BCUT2D eigenvalue weighted by Gasteiger charge is -2.17. The maximum atomic E-state index is 9.06. The van der Waals surface area contributed by atoms with Crippen molar-refractivity contribution in [2.45, 2.75) is 51.4 Å². The molecule has 1 N–H and O–H groups in total. The summed E-state index contributed by atoms with van der Waals surface area (Å²) < 4.78 is 10.6. The Morgan fingerprint density at radius 3 is 1.95 bits per heavy atom. The zero-order chi connectivity index (χ0) is 14.5. The monoisotopic (exact) mass is 268 g/mol. The highest BCUT2D eigenvalue weighted by atomic mass is 16.5. The zero-order valence-corrected chi connectivity index (χ0v) is 12.6. The molecule has 0 aliphatic carbocycles. The Balaban J connectivity index is 3.86. The third-order valence-corrected chi connectivity index (χ3v) is 2.81. The van der Waals surface area contributed by atoms with Crippen molar-refractivity contribution in [1.29, 1.82) is 0 Å². The van der Waals surface area contributed by atoms with Gasteiger partial charge < -0.3 is 14.6 Å². The minimum absolute atomic E-state index is 0.199. The van der Waals surface area contributed by atoms with Gasteiger partial charge in [0.2, 0.25) is 0 Å². The minimum Gasteiger partial charge on any atom is -0.393 e. The van der Waals surface area contributed by atoms with E-state index in [1.165, 1.54) is 0 Å². The maximum absolute atomic E-state index is 9.06. The Hall–Kier alpha value is -0.900. The molecule has 0 rings (SSSR count). The number of rotatable bonds is 10. The van der Waals surface area contributed by atoms with Crippen molar-refractivity contribution in [3.63, 3.8) is 0 Å². The first-order valence-electron chi connectivity index (χ1n) is 6.82. The van der Waals surface area contributed by atoms with E-state index in [0.717, 1.165) is 12.8 Å². The van der Waals surface area contributed by atoms with Crippen LogP contribution in [0.3, 0.4) is 0 Å². The molecular formula is C16H28O3. The molecule has 0 amide bonds. The average Bonchev–Trinajstić information content (AvgIpc) is 2.39. The van der Waals surface area contributed by atoms with Crippen LogP contribution in [0.5, 0.6) is 0 Å². The van der Waals surface area contributed by atoms with E-state index in [4.69, 9.17) is 14.6 Å². The standard InChI is InChI=1S/C16H28O3/c1-14(17)11-9-7-5-6-8-10-12-16(19-4)13-15(2)18-3/h5-10,14-17H,11-13H2,1-4H3/b6-5+,9-7+,10-8+. The van der Waals surface area contributed by atoms with Gasteiger partial charge in [-0.1, -0.05) is 36.5 Å². The summed E-state index contributed by atoms with van der Waals surface area (Å²) in [5.41, 5.74) is 0. The molecule has 0 aromatic rings. The average molecular weight is 268 g/mol. The number of hydrogen-bond donors (Lipinski definition) is 1. The molecule has 0 aliphatic rings. The third-order valence-electron chi connectivity index (χ3n) is 2.81. The summed E-state index contributed by atoms with van der Waals surface area (Å²) in [6.07, 6.45) is 14.5. The molecule has 0 bridgehead atoms. The van der Waals surface area contributed by atoms with Gasteiger partial charge in [-0.25, -0.2) is 0 Å². The molecule has 0 heterocycles. The SMILES string of the molecule is COC(C)CC(C/C=C/C=C/C=C/CC(C)O)OC. The van der Waals surface area contributed by atoms with Crippen molar-refractivity contribution < 1.29 is 14.6 Å². The first-order chi connectivity index (χ1) is 9.10. The second-order valence-corrected chi connectivity index (χ2v) is 4.70. The topological polar surface area (TPSA) is 38.7 Å². The van der Waals surface area contributed by atoms with E-state index < -0.39 is 0 Å². The quantitative estimate of drug-likeness (QED) is 0.618. The van der Waals surface area contributed by atoms with Gasteiger partial charge in [-0.15, -0.1) is 0 Å². The van der Waals surface area contributed by atoms with Crippen LogP contribution >= 0.6 is 0 Å². The number of aliphatic hydroxyl groups excluding tert-OH is 1. The van der Waals surface area contributed by atoms with E-state index >= 15 is 0 Å². The zero-order valence-electron chi connectivity index (χ0n) is 12.6. The molecule has 0 saturated carbocycles. The molecule has 0 saturated heterocycles. The minimum atomic E-state index is -0.273. The maximum Gasteiger partial charge on any atom is 0.0630 e. The van der Waals surface area contributed by atoms with E-state index in [-0.39, 0.29) is 18.3 Å². The fraction of sp³-hybridized carbons (Fsp3) is 0.625. The van der Waals surface area contributed by atoms with Gasteiger partial charge in [0.15, 0.2) is 0 Å². The van der Waals surface area contributed by atoms with Crippen LogP contribution in [-0.2, 0) is 9.47 Å². The van der Waals surface area contributed by atoms with Crippen LogP contribution in [0, 0.1) is 0 Å². The summed E-state index contributed by atoms with van der Waals surface area (Å²) in [6, 6.07) is 0. The summed E-state index contributed by atoms with van der Waals surface area (Å²) in [6.45, 7) is 3.82. The Bertz CT molecular complexity index is 280. The van der Waals surface area contributed by atoms with Crippen molar-refractivity contribution in [2.24, 2.45) is 0 Å². The van der Waals surface area contributed by atoms with Gasteiger partial charge in [-0.05, 0) is 33.1 Å². The molecule has 0 fully saturated rings. The normalized spacial score (nSPS) is 17.5. The molecule has 0 aliphatic heterocycles. The molecule has 110 valence electrons. The van der Waals surface area contributed by atoms with Gasteiger partial charge in [-0.2, -0.15) is 0 Å². The van der Waals surface area contributed by atoms with Crippen molar-refractivity contribution in [1.82, 2.24) is 0 Å². The second-order valence-electron chi connectivity index (χ2n) is 4.70. The number of aliphatic hydroxyl groups is 1. The van der Waals surface area contributed by atoms with Crippen molar-refractivity contribution in [2.75, 3.05) is 14.2 Å². The summed E-state index contributed by atoms with van der Waals surface area (Å²) in [4.78, 5) is 0. The summed E-state index contributed by atoms with van der Waals surface area (Å²) in [5.74, 6) is 0. The Labute approximate surface area is 117 Å². The van der Waals surface area contributed by atoms with Crippen LogP contribution in [0.4, 0.5) is 0 Å². The van der Waals surface area contributed by atoms with E-state index in [1.54, 1.807) is 21.1 Å². The Kier molecular flexibility index (Phi) is 11.6. The van der Waals surface area contributed by atoms with Gasteiger partial charge in [0.05, 0.1) is 18.3 Å². The molecule has 0 spiro atoms. The Morgan fingerprint density at radius 1 is 0.895 bits per heavy atom. The molecule has 3 unspecified atom stereocenters. The second kappa shape index (κ2) is 12.2. The third kappa shape index (κ3) is 11.9. The molecule has 3 nitrogen and oxygen atoms in total. The van der Waals surface area contributed by atoms with Gasteiger partial charge >= 0.3 is 0 Å². The van der Waals surface area contributed by atoms with E-state index in [2.05, 4.69) is 6.08 Å². The first kappa shape index (κ1) is 18.1. The fourth-order valence-corrected chi connectivity index (χ4v) is 1.55. The van der Waals surface area contributed by atoms with Gasteiger partial charge in [0.1, 0.15) is 0 Å². The van der Waals surface area contributed by atoms with Crippen molar-refractivity contribution in [3.8, 4) is 0 Å². The largest absolute Gasteiger partial charge is 0.393 e. The summed E-state index contributed by atoms with van der Waals surface area (Å²) >= 11 is 0. The van der Waals surface area contributed by atoms with Crippen LogP contribution in [0.1, 0.15) is 33.1 Å². The van der Waals surface area contributed by atoms with E-state index in [0.29, 0.717) is 6.42 Å². The van der Waals surface area contributed by atoms with Crippen LogP contribution in [0.2, 0.25) is 0 Å². The molecule has 0 radical (unpaired) electrons. The first-order valence-corrected chi connectivity index (χ1v) is 6.82. The summed E-state index contributed by atoms with van der Waals surface area (Å²) in [7, 11) is 3.45. The van der Waals surface area contributed by atoms with Crippen molar-refractivity contribution >= 4 is 0 Å². The number of ether oxygens (including phenoxy) is 2. The van der Waals surface area contributed by atoms with Crippen LogP contribution in [-0.4, -0.2) is 37.6 Å². The highest BCUT2D eigenvalue weighted by molar-refractivity contribution is 5.11. The molecule has 3 atom stereocenters. The lowest BCUT2D eigenvalue weighted by Crippen LogP contribution is -2.18. The molecule has 19 heavy (non-hydrogen) atoms. The molecule has 0 aromatic carbocycles. The number of hydrogen-bond acceptors (Lipinski definition) is 3. The molecular weight excluding hydrogens is 240 g/mol. The molecule has 3 heteroatoms. The Morgan fingerprint density at radius 2 is 1.47 bits per heavy atom. The predicted molar refractivity (Wildman–Crippen MR) is 80.2 cm³/mol. The smallest absolute Gasteiger partial charge is 0.0630 e. The van der Waals surface area contributed by atoms with Crippen LogP contribution in [0.15, 0.2) is 36.5 Å². The fourth-order valence-electron chi connectivity index (χ4n) is 1.55. The lowest BCUT2D eigenvalue weighted by molar-refractivity contribution is 0.0323. The lowest BCUT2D eigenvalue weighted by atomic mass is 10.1. The summed E-state index contributed by atoms with van der Waals surface area (Å²) in [5, 5.41) is 9.06. The highest BCUT2D eigenvalue weighted by Crippen LogP contribution is 2.09. The molecule has 0 aromatic heterocycles. The van der Waals surface area contributed by atoms with Gasteiger partial charge in [-0.3, -0.25) is 0 Å². The number of allylic oxidation sites excluding steroid dienone is 4. The highest BCUT2D eigenvalue weighted by Gasteiger charge is 2.09. The van der Waals surface area contributed by atoms with E-state index in [9.17, 15) is 0 Å². The predicted octanol–water partition coefficient (Wildman–Crippen LogP) is 3.26. The number of methoxy groups -OCH3 is 2. The van der Waals surface area contributed by atoms with Crippen LogP contribution < -0.4 is 0 Å². The van der Waals surface area contributed by atoms with Crippen molar-refractivity contribution in [3.05, 3.63) is 36.5 Å². The van der Waals surface area contributed by atoms with Gasteiger partial charge in [0.25, 0.3) is 0 Å².